The van der Waals surface area contributed by atoms with Gasteiger partial charge in [0.15, 0.2) is 0 Å². The summed E-state index contributed by atoms with van der Waals surface area (Å²) in [7, 11) is 3.91. The Hall–Kier alpha value is -0.850. The molecule has 0 bridgehead atoms. The third-order valence-electron chi connectivity index (χ3n) is 4.87. The van der Waals surface area contributed by atoms with Gasteiger partial charge < -0.3 is 14.5 Å². The van der Waals surface area contributed by atoms with E-state index in [1.165, 1.54) is 39.0 Å². The summed E-state index contributed by atoms with van der Waals surface area (Å²) in [4.78, 5) is 12.0. The molecule has 0 atom stereocenters. The van der Waals surface area contributed by atoms with Crippen LogP contribution >= 0.6 is 15.9 Å². The minimum atomic E-state index is 0.738. The van der Waals surface area contributed by atoms with Crippen LogP contribution in [0.2, 0.25) is 0 Å². The molecule has 1 aromatic heterocycles. The first kappa shape index (κ1) is 16.0. The van der Waals surface area contributed by atoms with E-state index >= 15 is 0 Å². The molecular formula is C16H25BrN4O. The summed E-state index contributed by atoms with van der Waals surface area (Å²) >= 11 is 3.46. The van der Waals surface area contributed by atoms with E-state index in [-0.39, 0.29) is 0 Å². The van der Waals surface area contributed by atoms with Crippen LogP contribution < -0.4 is 9.64 Å². The number of piperazine rings is 1. The molecule has 0 amide bonds. The maximum atomic E-state index is 5.38. The molecule has 2 aliphatic heterocycles. The second kappa shape index (κ2) is 7.15. The molecule has 5 nitrogen and oxygen atoms in total. The maximum Gasteiger partial charge on any atom is 0.138 e. The van der Waals surface area contributed by atoms with Gasteiger partial charge in [-0.1, -0.05) is 0 Å². The summed E-state index contributed by atoms with van der Waals surface area (Å²) in [5, 5.41) is 0. The highest BCUT2D eigenvalue weighted by Gasteiger charge is 2.27. The number of piperidine rings is 1. The first-order chi connectivity index (χ1) is 10.7. The van der Waals surface area contributed by atoms with Gasteiger partial charge >= 0.3 is 0 Å². The first-order valence-corrected chi connectivity index (χ1v) is 8.84. The molecule has 2 aliphatic rings. The van der Waals surface area contributed by atoms with Gasteiger partial charge in [-0.05, 0) is 35.8 Å². The van der Waals surface area contributed by atoms with Crippen molar-refractivity contribution in [1.29, 1.82) is 0 Å². The normalized spacial score (nSPS) is 22.0. The molecule has 0 N–H and O–H groups in total. The molecule has 0 unspecified atom stereocenters. The highest BCUT2D eigenvalue weighted by atomic mass is 79.9. The second-order valence-corrected chi connectivity index (χ2v) is 7.09. The molecule has 0 aliphatic carbocycles. The summed E-state index contributed by atoms with van der Waals surface area (Å²) in [6.45, 7) is 6.98. The molecule has 0 aromatic carbocycles. The molecule has 0 radical (unpaired) electrons. The average molecular weight is 369 g/mol. The van der Waals surface area contributed by atoms with Crippen molar-refractivity contribution in [2.75, 3.05) is 58.3 Å². The number of rotatable bonds is 3. The van der Waals surface area contributed by atoms with E-state index in [0.717, 1.165) is 35.2 Å². The smallest absolute Gasteiger partial charge is 0.138 e. The fraction of sp³-hybridized carbons (Fsp3) is 0.688. The quantitative estimate of drug-likeness (QED) is 0.815. The summed E-state index contributed by atoms with van der Waals surface area (Å²) in [5.41, 5.74) is 0. The molecule has 1 aromatic rings. The number of methoxy groups -OCH3 is 1. The second-order valence-electron chi connectivity index (χ2n) is 6.23. The fourth-order valence-electron chi connectivity index (χ4n) is 3.39. The van der Waals surface area contributed by atoms with Crippen molar-refractivity contribution in [2.45, 2.75) is 18.9 Å². The van der Waals surface area contributed by atoms with Crippen LogP contribution in [-0.4, -0.2) is 74.3 Å². The van der Waals surface area contributed by atoms with E-state index in [1.54, 1.807) is 7.11 Å². The van der Waals surface area contributed by atoms with Crippen LogP contribution in [0.3, 0.4) is 0 Å². The largest absolute Gasteiger partial charge is 0.495 e. The average Bonchev–Trinajstić information content (AvgIpc) is 2.56. The van der Waals surface area contributed by atoms with E-state index in [1.807, 2.05) is 12.3 Å². The van der Waals surface area contributed by atoms with E-state index < -0.39 is 0 Å². The van der Waals surface area contributed by atoms with Crippen LogP contribution in [0.25, 0.3) is 0 Å². The van der Waals surface area contributed by atoms with Gasteiger partial charge in [0.1, 0.15) is 11.6 Å². The molecule has 6 heteroatoms. The Morgan fingerprint density at radius 3 is 2.45 bits per heavy atom. The lowest BCUT2D eigenvalue weighted by atomic mass is 10.0. The van der Waals surface area contributed by atoms with E-state index in [9.17, 15) is 0 Å². The summed E-state index contributed by atoms with van der Waals surface area (Å²) < 4.78 is 6.28. The van der Waals surface area contributed by atoms with Crippen LogP contribution in [0.15, 0.2) is 16.7 Å². The highest BCUT2D eigenvalue weighted by molar-refractivity contribution is 9.10. The number of hydrogen-bond donors (Lipinski definition) is 0. The third-order valence-corrected chi connectivity index (χ3v) is 5.46. The number of halogens is 1. The number of aromatic nitrogens is 1. The lowest BCUT2D eigenvalue weighted by Gasteiger charge is -2.42. The van der Waals surface area contributed by atoms with Crippen molar-refractivity contribution in [2.24, 2.45) is 0 Å². The van der Waals surface area contributed by atoms with Crippen molar-refractivity contribution in [3.63, 3.8) is 0 Å². The van der Waals surface area contributed by atoms with E-state index in [0.29, 0.717) is 0 Å². The van der Waals surface area contributed by atoms with Gasteiger partial charge in [0, 0.05) is 57.6 Å². The lowest BCUT2D eigenvalue weighted by Crippen LogP contribution is -2.52. The highest BCUT2D eigenvalue weighted by Crippen LogP contribution is 2.29. The summed E-state index contributed by atoms with van der Waals surface area (Å²) in [6, 6.07) is 2.77. The zero-order valence-electron chi connectivity index (χ0n) is 13.5. The Bertz CT molecular complexity index is 497. The standard InChI is InChI=1S/C16H25BrN4O/c1-19-7-9-20(10-8-19)13-3-5-21(6-4-13)16-11-15(22-2)14(17)12-18-16/h11-13H,3-10H2,1-2H3. The first-order valence-electron chi connectivity index (χ1n) is 8.04. The zero-order chi connectivity index (χ0) is 15.5. The topological polar surface area (TPSA) is 31.8 Å². The zero-order valence-corrected chi connectivity index (χ0v) is 15.0. The maximum absolute atomic E-state index is 5.38. The lowest BCUT2D eigenvalue weighted by molar-refractivity contribution is 0.0981. The molecule has 3 rings (SSSR count). The van der Waals surface area contributed by atoms with E-state index in [2.05, 4.69) is 42.7 Å². The third kappa shape index (κ3) is 3.55. The molecule has 0 saturated carbocycles. The Morgan fingerprint density at radius 1 is 1.14 bits per heavy atom. The van der Waals surface area contributed by atoms with Gasteiger partial charge in [0.2, 0.25) is 0 Å². The molecular weight excluding hydrogens is 344 g/mol. The van der Waals surface area contributed by atoms with Crippen LogP contribution in [-0.2, 0) is 0 Å². The molecule has 2 fully saturated rings. The van der Waals surface area contributed by atoms with Crippen LogP contribution in [0.4, 0.5) is 5.82 Å². The number of hydrogen-bond acceptors (Lipinski definition) is 5. The molecule has 2 saturated heterocycles. The van der Waals surface area contributed by atoms with Crippen molar-refractivity contribution >= 4 is 21.7 Å². The Balaban J connectivity index is 1.57. The van der Waals surface area contributed by atoms with Crippen LogP contribution in [0, 0.1) is 0 Å². The van der Waals surface area contributed by atoms with Crippen molar-refractivity contribution in [3.05, 3.63) is 16.7 Å². The Kier molecular flexibility index (Phi) is 5.21. The molecule has 0 spiro atoms. The minimum Gasteiger partial charge on any atom is -0.495 e. The van der Waals surface area contributed by atoms with Gasteiger partial charge in [-0.2, -0.15) is 0 Å². The number of nitrogens with zero attached hydrogens (tertiary/aromatic N) is 4. The summed E-state index contributed by atoms with van der Waals surface area (Å²) in [5.74, 6) is 1.88. The fourth-order valence-corrected chi connectivity index (χ4v) is 3.77. The van der Waals surface area contributed by atoms with Gasteiger partial charge in [-0.3, -0.25) is 4.90 Å². The Morgan fingerprint density at radius 2 is 1.82 bits per heavy atom. The van der Waals surface area contributed by atoms with Crippen molar-refractivity contribution in [1.82, 2.24) is 14.8 Å². The molecule has 22 heavy (non-hydrogen) atoms. The SMILES string of the molecule is COc1cc(N2CCC(N3CCN(C)CC3)CC2)ncc1Br. The van der Waals surface area contributed by atoms with E-state index in [4.69, 9.17) is 4.74 Å². The number of ether oxygens (including phenoxy) is 1. The molecule has 122 valence electrons. The predicted molar refractivity (Wildman–Crippen MR) is 92.8 cm³/mol. The predicted octanol–water partition coefficient (Wildman–Crippen LogP) is 2.07. The van der Waals surface area contributed by atoms with Gasteiger partial charge in [-0.15, -0.1) is 0 Å². The van der Waals surface area contributed by atoms with Crippen LogP contribution in [0.5, 0.6) is 5.75 Å². The Labute approximate surface area is 141 Å². The van der Waals surface area contributed by atoms with Gasteiger partial charge in [0.05, 0.1) is 11.6 Å². The number of likely N-dealkylation sites (N-methyl/N-ethyl adjacent to an activating group) is 1. The number of pyridine rings is 1. The van der Waals surface area contributed by atoms with Gasteiger partial charge in [-0.25, -0.2) is 4.98 Å². The van der Waals surface area contributed by atoms with Gasteiger partial charge in [0.25, 0.3) is 0 Å². The summed E-state index contributed by atoms with van der Waals surface area (Å²) in [6.07, 6.45) is 4.29. The molecule has 3 heterocycles. The number of anilines is 1. The monoisotopic (exact) mass is 368 g/mol. The minimum absolute atomic E-state index is 0.738. The van der Waals surface area contributed by atoms with Crippen molar-refractivity contribution in [3.8, 4) is 5.75 Å². The van der Waals surface area contributed by atoms with Crippen molar-refractivity contribution < 1.29 is 4.74 Å². The van der Waals surface area contributed by atoms with Crippen LogP contribution in [0.1, 0.15) is 12.8 Å².